The fourth-order valence-electron chi connectivity index (χ4n) is 3.22. The van der Waals surface area contributed by atoms with Gasteiger partial charge in [0, 0.05) is 45.6 Å². The van der Waals surface area contributed by atoms with Gasteiger partial charge in [-0.05, 0) is 43.6 Å². The van der Waals surface area contributed by atoms with Crippen LogP contribution in [0.2, 0.25) is 0 Å². The fraction of sp³-hybridized carbons (Fsp3) is 0.706. The van der Waals surface area contributed by atoms with Gasteiger partial charge in [-0.3, -0.25) is 10.1 Å². The molecule has 0 aliphatic carbocycles. The van der Waals surface area contributed by atoms with Gasteiger partial charge >= 0.3 is 5.69 Å². The van der Waals surface area contributed by atoms with Crippen LogP contribution in [0.5, 0.6) is 0 Å². The van der Waals surface area contributed by atoms with Crippen LogP contribution in [0.15, 0.2) is 12.1 Å². The Kier molecular flexibility index (Phi) is 6.41. The maximum absolute atomic E-state index is 11.3. The zero-order valence-electron chi connectivity index (χ0n) is 14.4. The molecule has 2 N–H and O–H groups in total. The first-order valence-corrected chi connectivity index (χ1v) is 9.01. The number of hydrogen-bond donors (Lipinski definition) is 2. The monoisotopic (exact) mass is 350 g/mol. The summed E-state index contributed by atoms with van der Waals surface area (Å²) in [6, 6.07) is 3.20. The highest BCUT2D eigenvalue weighted by atomic mass is 16.6. The minimum absolute atomic E-state index is 0.0173. The van der Waals surface area contributed by atoms with E-state index >= 15 is 0 Å². The largest absolute Gasteiger partial charge is 0.381 e. The zero-order chi connectivity index (χ0) is 17.5. The molecule has 2 saturated heterocycles. The van der Waals surface area contributed by atoms with Crippen molar-refractivity contribution in [3.8, 4) is 0 Å². The van der Waals surface area contributed by atoms with E-state index in [4.69, 9.17) is 9.47 Å². The molecule has 8 nitrogen and oxygen atoms in total. The smallest absolute Gasteiger partial charge is 0.311 e. The van der Waals surface area contributed by atoms with Crippen LogP contribution in [0.1, 0.15) is 25.7 Å². The summed E-state index contributed by atoms with van der Waals surface area (Å²) in [4.78, 5) is 15.3. The second-order valence-electron chi connectivity index (χ2n) is 6.69. The highest BCUT2D eigenvalue weighted by Crippen LogP contribution is 2.26. The van der Waals surface area contributed by atoms with Crippen LogP contribution >= 0.6 is 0 Å². The Morgan fingerprint density at radius 3 is 2.12 bits per heavy atom. The average molecular weight is 350 g/mol. The molecule has 2 aliphatic rings. The molecule has 0 saturated carbocycles. The molecule has 0 aromatic carbocycles. The standard InChI is InChI=1S/C17H26N4O4/c22-21(23)15-1-2-16(18-11-13-3-7-24-8-4-13)20-17(15)19-12-14-5-9-25-10-6-14/h1-2,13-14H,3-12H2,(H2,18,19,20). The van der Waals surface area contributed by atoms with Crippen LogP contribution in [-0.2, 0) is 9.47 Å². The van der Waals surface area contributed by atoms with Gasteiger partial charge in [0.2, 0.25) is 5.82 Å². The van der Waals surface area contributed by atoms with Crippen molar-refractivity contribution in [2.24, 2.45) is 11.8 Å². The topological polar surface area (TPSA) is 98.6 Å². The Balaban J connectivity index is 1.60. The Bertz CT molecular complexity index is 572. The van der Waals surface area contributed by atoms with Crippen LogP contribution in [0.4, 0.5) is 17.3 Å². The minimum Gasteiger partial charge on any atom is -0.381 e. The summed E-state index contributed by atoms with van der Waals surface area (Å²) in [6.45, 7) is 4.62. The van der Waals surface area contributed by atoms with Gasteiger partial charge in [-0.25, -0.2) is 4.98 Å². The fourth-order valence-corrected chi connectivity index (χ4v) is 3.22. The van der Waals surface area contributed by atoms with Gasteiger partial charge in [-0.1, -0.05) is 0 Å². The van der Waals surface area contributed by atoms with E-state index in [0.29, 0.717) is 30.0 Å². The second-order valence-corrected chi connectivity index (χ2v) is 6.69. The number of nitrogens with one attached hydrogen (secondary N) is 2. The summed E-state index contributed by atoms with van der Waals surface area (Å²) in [7, 11) is 0. The maximum atomic E-state index is 11.3. The summed E-state index contributed by atoms with van der Waals surface area (Å²) < 4.78 is 10.7. The molecular formula is C17H26N4O4. The van der Waals surface area contributed by atoms with E-state index < -0.39 is 0 Å². The van der Waals surface area contributed by atoms with Crippen LogP contribution in [0.25, 0.3) is 0 Å². The molecule has 1 aromatic rings. The minimum atomic E-state index is -0.387. The van der Waals surface area contributed by atoms with E-state index in [0.717, 1.165) is 58.7 Å². The van der Waals surface area contributed by atoms with E-state index in [2.05, 4.69) is 15.6 Å². The van der Waals surface area contributed by atoms with Crippen molar-refractivity contribution in [3.63, 3.8) is 0 Å². The van der Waals surface area contributed by atoms with Crippen LogP contribution in [0.3, 0.4) is 0 Å². The van der Waals surface area contributed by atoms with Crippen molar-refractivity contribution in [2.75, 3.05) is 50.2 Å². The average Bonchev–Trinajstić information content (AvgIpc) is 2.66. The molecule has 3 heterocycles. The first kappa shape index (κ1) is 17.9. The van der Waals surface area contributed by atoms with Crippen LogP contribution in [0, 0.1) is 22.0 Å². The van der Waals surface area contributed by atoms with Crippen molar-refractivity contribution < 1.29 is 14.4 Å². The van der Waals surface area contributed by atoms with E-state index in [9.17, 15) is 10.1 Å². The number of nitrogens with zero attached hydrogens (tertiary/aromatic N) is 2. The number of pyridine rings is 1. The summed E-state index contributed by atoms with van der Waals surface area (Å²) in [5, 5.41) is 17.7. The normalized spacial score (nSPS) is 19.5. The lowest BCUT2D eigenvalue weighted by atomic mass is 10.0. The molecule has 3 rings (SSSR count). The molecule has 0 amide bonds. The molecule has 25 heavy (non-hydrogen) atoms. The molecule has 0 bridgehead atoms. The summed E-state index contributed by atoms with van der Waals surface area (Å²) in [6.07, 6.45) is 4.02. The van der Waals surface area contributed by atoms with Gasteiger partial charge in [0.1, 0.15) is 5.82 Å². The SMILES string of the molecule is O=[N+]([O-])c1ccc(NCC2CCOCC2)nc1NCC1CCOCC1. The lowest BCUT2D eigenvalue weighted by Crippen LogP contribution is -2.24. The third-order valence-corrected chi connectivity index (χ3v) is 4.88. The lowest BCUT2D eigenvalue weighted by molar-refractivity contribution is -0.384. The lowest BCUT2D eigenvalue weighted by Gasteiger charge is -2.23. The van der Waals surface area contributed by atoms with Crippen LogP contribution < -0.4 is 10.6 Å². The number of anilines is 2. The first-order chi connectivity index (χ1) is 12.2. The quantitative estimate of drug-likeness (QED) is 0.576. The number of rotatable bonds is 7. The number of nitro groups is 1. The molecule has 2 aliphatic heterocycles. The Labute approximate surface area is 147 Å². The first-order valence-electron chi connectivity index (χ1n) is 9.01. The molecule has 0 atom stereocenters. The van der Waals surface area contributed by atoms with Gasteiger partial charge in [0.05, 0.1) is 4.92 Å². The van der Waals surface area contributed by atoms with E-state index in [1.807, 2.05) is 0 Å². The van der Waals surface area contributed by atoms with Crippen LogP contribution in [-0.4, -0.2) is 49.4 Å². The molecule has 8 heteroatoms. The van der Waals surface area contributed by atoms with Gasteiger partial charge in [0.25, 0.3) is 0 Å². The maximum Gasteiger partial charge on any atom is 0.311 e. The Morgan fingerprint density at radius 2 is 1.56 bits per heavy atom. The van der Waals surface area contributed by atoms with E-state index in [1.165, 1.54) is 6.07 Å². The highest BCUT2D eigenvalue weighted by Gasteiger charge is 2.20. The van der Waals surface area contributed by atoms with Gasteiger partial charge in [-0.2, -0.15) is 0 Å². The molecule has 1 aromatic heterocycles. The van der Waals surface area contributed by atoms with Crippen molar-refractivity contribution in [3.05, 3.63) is 22.2 Å². The number of aromatic nitrogens is 1. The van der Waals surface area contributed by atoms with Gasteiger partial charge < -0.3 is 20.1 Å². The second kappa shape index (κ2) is 8.96. The van der Waals surface area contributed by atoms with Crippen molar-refractivity contribution in [1.82, 2.24) is 4.98 Å². The summed E-state index contributed by atoms with van der Waals surface area (Å²) in [5.41, 5.74) is 0.0173. The summed E-state index contributed by atoms with van der Waals surface area (Å²) in [5.74, 6) is 2.04. The van der Waals surface area contributed by atoms with Gasteiger partial charge in [0.15, 0.2) is 0 Å². The van der Waals surface area contributed by atoms with E-state index in [1.54, 1.807) is 6.07 Å². The third kappa shape index (κ3) is 5.27. The predicted molar refractivity (Wildman–Crippen MR) is 95.0 cm³/mol. The molecule has 138 valence electrons. The van der Waals surface area contributed by atoms with Crippen molar-refractivity contribution in [1.29, 1.82) is 0 Å². The highest BCUT2D eigenvalue weighted by molar-refractivity contribution is 5.60. The van der Waals surface area contributed by atoms with Crippen molar-refractivity contribution in [2.45, 2.75) is 25.7 Å². The molecule has 0 radical (unpaired) electrons. The number of hydrogen-bond acceptors (Lipinski definition) is 7. The van der Waals surface area contributed by atoms with Crippen molar-refractivity contribution >= 4 is 17.3 Å². The van der Waals surface area contributed by atoms with Gasteiger partial charge in [-0.15, -0.1) is 0 Å². The third-order valence-electron chi connectivity index (χ3n) is 4.88. The molecule has 0 spiro atoms. The number of ether oxygens (including phenoxy) is 2. The Hall–Kier alpha value is -1.93. The molecule has 0 unspecified atom stereocenters. The molecule has 2 fully saturated rings. The zero-order valence-corrected chi connectivity index (χ0v) is 14.4. The predicted octanol–water partition coefficient (Wildman–Crippen LogP) is 2.67. The summed E-state index contributed by atoms with van der Waals surface area (Å²) >= 11 is 0. The Morgan fingerprint density at radius 1 is 1.00 bits per heavy atom. The van der Waals surface area contributed by atoms with E-state index in [-0.39, 0.29) is 10.6 Å². The molecular weight excluding hydrogens is 324 g/mol.